The number of methoxy groups -OCH3 is 1. The molecule has 1 saturated heterocycles. The van der Waals surface area contributed by atoms with Crippen LogP contribution in [-0.2, 0) is 14.4 Å². The Balaban J connectivity index is 1.19. The van der Waals surface area contributed by atoms with Gasteiger partial charge in [-0.25, -0.2) is 5.43 Å². The Morgan fingerprint density at radius 2 is 1.58 bits per heavy atom. The smallest absolute Gasteiger partial charge is 0.329 e. The Morgan fingerprint density at radius 1 is 0.895 bits per heavy atom. The summed E-state index contributed by atoms with van der Waals surface area (Å²) >= 11 is 0. The summed E-state index contributed by atoms with van der Waals surface area (Å²) in [4.78, 5) is 40.5. The second-order valence-corrected chi connectivity index (χ2v) is 8.42. The first-order chi connectivity index (χ1) is 18.5. The molecule has 3 amide bonds. The maximum atomic E-state index is 12.5. The van der Waals surface area contributed by atoms with Gasteiger partial charge in [-0.15, -0.1) is 0 Å². The van der Waals surface area contributed by atoms with E-state index in [4.69, 9.17) is 9.47 Å². The topological polar surface area (TPSA) is 113 Å². The highest BCUT2D eigenvalue weighted by Crippen LogP contribution is 2.28. The number of hydrogen-bond acceptors (Lipinski definition) is 7. The summed E-state index contributed by atoms with van der Waals surface area (Å²) < 4.78 is 10.9. The van der Waals surface area contributed by atoms with Crippen molar-refractivity contribution in [3.63, 3.8) is 0 Å². The van der Waals surface area contributed by atoms with Crippen molar-refractivity contribution in [1.82, 2.24) is 10.3 Å². The molecule has 1 aliphatic rings. The highest BCUT2D eigenvalue weighted by Gasteiger charge is 2.26. The predicted octanol–water partition coefficient (Wildman–Crippen LogP) is 2.51. The van der Waals surface area contributed by atoms with Crippen LogP contribution in [0.25, 0.3) is 0 Å². The van der Waals surface area contributed by atoms with Crippen molar-refractivity contribution in [1.29, 1.82) is 0 Å². The largest absolute Gasteiger partial charge is 0.495 e. The number of carbonyl (C=O) groups excluding carboxylic acids is 3. The van der Waals surface area contributed by atoms with Gasteiger partial charge in [0.25, 0.3) is 5.91 Å². The first-order valence-electron chi connectivity index (χ1n) is 12.1. The zero-order chi connectivity index (χ0) is 26.7. The summed E-state index contributed by atoms with van der Waals surface area (Å²) in [6, 6.07) is 23.6. The van der Waals surface area contributed by atoms with Crippen molar-refractivity contribution < 1.29 is 23.9 Å². The molecule has 0 aliphatic carbocycles. The molecule has 0 aromatic heterocycles. The molecule has 38 heavy (non-hydrogen) atoms. The highest BCUT2D eigenvalue weighted by atomic mass is 16.5. The Kier molecular flexibility index (Phi) is 8.90. The molecule has 3 aromatic carbocycles. The van der Waals surface area contributed by atoms with E-state index < -0.39 is 11.8 Å². The molecule has 0 unspecified atom stereocenters. The van der Waals surface area contributed by atoms with Crippen molar-refractivity contribution in [2.45, 2.75) is 0 Å². The third kappa shape index (κ3) is 7.10. The maximum Gasteiger partial charge on any atom is 0.329 e. The van der Waals surface area contributed by atoms with Crippen LogP contribution in [0.4, 0.5) is 11.4 Å². The molecule has 2 N–H and O–H groups in total. The van der Waals surface area contributed by atoms with E-state index in [1.165, 1.54) is 11.1 Å². The third-order valence-electron chi connectivity index (χ3n) is 5.87. The van der Waals surface area contributed by atoms with E-state index in [1.807, 2.05) is 42.5 Å². The molecule has 1 fully saturated rings. The zero-order valence-electron chi connectivity index (χ0n) is 21.0. The SMILES string of the molecule is COc1ccccc1N1CCN(C(=O)C(=O)N/N=C\c2ccc(OCC(=O)Nc3ccccc3)cc2)CC1. The zero-order valence-corrected chi connectivity index (χ0v) is 21.0. The molecule has 0 spiro atoms. The summed E-state index contributed by atoms with van der Waals surface area (Å²) in [5.41, 5.74) is 4.63. The number of ether oxygens (including phenoxy) is 2. The number of piperazine rings is 1. The molecule has 196 valence electrons. The minimum Gasteiger partial charge on any atom is -0.495 e. The minimum absolute atomic E-state index is 0.131. The molecule has 3 aromatic rings. The highest BCUT2D eigenvalue weighted by molar-refractivity contribution is 6.35. The predicted molar refractivity (Wildman–Crippen MR) is 145 cm³/mol. The first kappa shape index (κ1) is 26.2. The normalized spacial score (nSPS) is 13.2. The average Bonchev–Trinajstić information content (AvgIpc) is 2.97. The van der Waals surface area contributed by atoms with Gasteiger partial charge < -0.3 is 24.6 Å². The molecule has 4 rings (SSSR count). The number of amides is 3. The Bertz CT molecular complexity index is 1270. The number of rotatable bonds is 8. The van der Waals surface area contributed by atoms with Crippen LogP contribution in [0.3, 0.4) is 0 Å². The lowest BCUT2D eigenvalue weighted by atomic mass is 10.2. The summed E-state index contributed by atoms with van der Waals surface area (Å²) in [5.74, 6) is -0.407. The van der Waals surface area contributed by atoms with Crippen LogP contribution in [0.2, 0.25) is 0 Å². The van der Waals surface area contributed by atoms with Crippen molar-refractivity contribution in [3.8, 4) is 11.5 Å². The van der Waals surface area contributed by atoms with Crippen molar-refractivity contribution >= 4 is 35.3 Å². The monoisotopic (exact) mass is 515 g/mol. The van der Waals surface area contributed by atoms with Crippen LogP contribution in [-0.4, -0.2) is 68.7 Å². The van der Waals surface area contributed by atoms with E-state index in [2.05, 4.69) is 20.7 Å². The van der Waals surface area contributed by atoms with Gasteiger partial charge >= 0.3 is 11.8 Å². The standard InChI is InChI=1S/C28H29N5O5/c1-37-25-10-6-5-9-24(25)32-15-17-33(18-16-32)28(36)27(35)31-29-19-21-11-13-23(14-12-21)38-20-26(34)30-22-7-3-2-4-8-22/h2-14,19H,15-18,20H2,1H3,(H,30,34)(H,31,35)/b29-19-. The van der Waals surface area contributed by atoms with Crippen molar-refractivity contribution in [3.05, 3.63) is 84.4 Å². The number of benzene rings is 3. The summed E-state index contributed by atoms with van der Waals surface area (Å²) in [5, 5.41) is 6.63. The molecule has 0 radical (unpaired) electrons. The van der Waals surface area contributed by atoms with E-state index >= 15 is 0 Å². The number of hydrazone groups is 1. The number of carbonyl (C=O) groups is 3. The van der Waals surface area contributed by atoms with Gasteiger partial charge in [0.2, 0.25) is 0 Å². The lowest BCUT2D eigenvalue weighted by Gasteiger charge is -2.36. The quantitative estimate of drug-likeness (QED) is 0.271. The minimum atomic E-state index is -0.795. The van der Waals surface area contributed by atoms with Gasteiger partial charge in [0.1, 0.15) is 11.5 Å². The summed E-state index contributed by atoms with van der Waals surface area (Å²) in [6.45, 7) is 1.88. The number of anilines is 2. The van der Waals surface area contributed by atoms with Crippen molar-refractivity contribution in [2.75, 3.05) is 50.1 Å². The van der Waals surface area contributed by atoms with Gasteiger partial charge in [-0.2, -0.15) is 5.10 Å². The molecule has 1 heterocycles. The summed E-state index contributed by atoms with van der Waals surface area (Å²) in [7, 11) is 1.62. The molecule has 0 saturated carbocycles. The number of nitrogens with one attached hydrogen (secondary N) is 2. The first-order valence-corrected chi connectivity index (χ1v) is 12.1. The van der Waals surface area contributed by atoms with E-state index in [9.17, 15) is 14.4 Å². The van der Waals surface area contributed by atoms with Gasteiger partial charge in [-0.05, 0) is 54.1 Å². The third-order valence-corrected chi connectivity index (χ3v) is 5.87. The molecule has 0 bridgehead atoms. The Labute approximate surface area is 220 Å². The molecule has 1 aliphatic heterocycles. The lowest BCUT2D eigenvalue weighted by Crippen LogP contribution is -2.52. The second kappa shape index (κ2) is 12.9. The molecular formula is C28H29N5O5. The van der Waals surface area contributed by atoms with E-state index in [1.54, 1.807) is 43.5 Å². The van der Waals surface area contributed by atoms with Crippen LogP contribution in [0, 0.1) is 0 Å². The Morgan fingerprint density at radius 3 is 2.29 bits per heavy atom. The van der Waals surface area contributed by atoms with Crippen LogP contribution in [0.5, 0.6) is 11.5 Å². The van der Waals surface area contributed by atoms with Gasteiger partial charge in [-0.1, -0.05) is 30.3 Å². The van der Waals surface area contributed by atoms with Crippen LogP contribution in [0.1, 0.15) is 5.56 Å². The second-order valence-electron chi connectivity index (χ2n) is 8.42. The molecular weight excluding hydrogens is 486 g/mol. The van der Waals surface area contributed by atoms with E-state index in [-0.39, 0.29) is 12.5 Å². The van der Waals surface area contributed by atoms with Gasteiger partial charge in [0.05, 0.1) is 19.0 Å². The average molecular weight is 516 g/mol. The maximum absolute atomic E-state index is 12.5. The van der Waals surface area contributed by atoms with Gasteiger partial charge in [-0.3, -0.25) is 14.4 Å². The van der Waals surface area contributed by atoms with E-state index in [0.29, 0.717) is 43.2 Å². The van der Waals surface area contributed by atoms with Crippen LogP contribution in [0.15, 0.2) is 84.0 Å². The fraction of sp³-hybridized carbons (Fsp3) is 0.214. The Hall–Kier alpha value is -4.86. The summed E-state index contributed by atoms with van der Waals surface area (Å²) in [6.07, 6.45) is 1.43. The van der Waals surface area contributed by atoms with Crippen LogP contribution < -0.4 is 25.1 Å². The lowest BCUT2D eigenvalue weighted by molar-refractivity contribution is -0.146. The van der Waals surface area contributed by atoms with Gasteiger partial charge in [0.15, 0.2) is 6.61 Å². The molecule has 10 nitrogen and oxygen atoms in total. The molecule has 10 heteroatoms. The van der Waals surface area contributed by atoms with E-state index in [0.717, 1.165) is 11.4 Å². The number of hydrogen-bond donors (Lipinski definition) is 2. The fourth-order valence-electron chi connectivity index (χ4n) is 3.92. The number of nitrogens with zero attached hydrogens (tertiary/aromatic N) is 3. The molecule has 0 atom stereocenters. The van der Waals surface area contributed by atoms with Gasteiger partial charge in [0, 0.05) is 31.9 Å². The van der Waals surface area contributed by atoms with Crippen molar-refractivity contribution in [2.24, 2.45) is 5.10 Å². The fourth-order valence-corrected chi connectivity index (χ4v) is 3.92. The van der Waals surface area contributed by atoms with Crippen LogP contribution >= 0.6 is 0 Å². The number of para-hydroxylation sites is 3.